The molecule has 0 radical (unpaired) electrons. The largest absolute Gasteiger partial charge is 0.497 e. The van der Waals surface area contributed by atoms with Gasteiger partial charge in [0.05, 0.1) is 25.3 Å². The monoisotopic (exact) mass is 783 g/mol. The molecule has 3 saturated heterocycles. The Balaban J connectivity index is 0.841. The molecule has 4 aliphatic heterocycles. The van der Waals surface area contributed by atoms with Crippen molar-refractivity contribution < 1.29 is 23.9 Å². The summed E-state index contributed by atoms with van der Waals surface area (Å²) >= 11 is 3.64. The van der Waals surface area contributed by atoms with Gasteiger partial charge in [0.15, 0.2) is 0 Å². The van der Waals surface area contributed by atoms with Crippen LogP contribution in [0.5, 0.6) is 11.5 Å². The second-order valence-electron chi connectivity index (χ2n) is 14.2. The van der Waals surface area contributed by atoms with E-state index in [0.717, 1.165) is 85.5 Å². The van der Waals surface area contributed by atoms with Crippen molar-refractivity contribution in [2.24, 2.45) is 0 Å². The molecule has 5 heterocycles. The zero-order chi connectivity index (χ0) is 36.8. The van der Waals surface area contributed by atoms with Gasteiger partial charge in [-0.1, -0.05) is 6.07 Å². The maximum atomic E-state index is 13.3. The number of hydrogen-bond donors (Lipinski definition) is 2. The Hall–Kier alpha value is -4.79. The van der Waals surface area contributed by atoms with Crippen LogP contribution < -0.4 is 25.2 Å². The number of carbonyl (C=O) groups excluding carboxylic acids is 3. The number of fused-ring (bicyclic) bond motifs is 2. The van der Waals surface area contributed by atoms with Gasteiger partial charge in [-0.15, -0.1) is 0 Å². The average molecular weight is 785 g/mol. The second-order valence-corrected chi connectivity index (χ2v) is 15.1. The van der Waals surface area contributed by atoms with E-state index in [0.29, 0.717) is 52.8 Å². The van der Waals surface area contributed by atoms with Crippen LogP contribution in [0.1, 0.15) is 47.2 Å². The molecule has 8 rings (SSSR count). The molecule has 3 fully saturated rings. The van der Waals surface area contributed by atoms with E-state index in [9.17, 15) is 19.2 Å². The zero-order valence-electron chi connectivity index (χ0n) is 29.8. The number of ether oxygens (including phenoxy) is 2. The first-order chi connectivity index (χ1) is 25.7. The van der Waals surface area contributed by atoms with E-state index in [-0.39, 0.29) is 23.8 Å². The van der Waals surface area contributed by atoms with E-state index in [1.54, 1.807) is 24.1 Å². The Morgan fingerprint density at radius 2 is 1.64 bits per heavy atom. The zero-order valence-corrected chi connectivity index (χ0v) is 31.4. The maximum Gasteiger partial charge on any atom is 0.262 e. The van der Waals surface area contributed by atoms with Crippen LogP contribution in [0.3, 0.4) is 0 Å². The molecule has 1 unspecified atom stereocenters. The SMILES string of the molecule is COc1cc(OC)c2c(=O)[nH]c(-c3ccc(N4CCC(N5CCN(Cc6cc(Br)c7c(c6)CN(C6CCC(=O)NC6=O)C7=O)CC5)CC4)cc3)nc2c1. The van der Waals surface area contributed by atoms with Crippen LogP contribution in [0.4, 0.5) is 5.69 Å². The summed E-state index contributed by atoms with van der Waals surface area (Å²) in [6, 6.07) is 15.7. The van der Waals surface area contributed by atoms with E-state index in [1.807, 2.05) is 18.2 Å². The van der Waals surface area contributed by atoms with Crippen molar-refractivity contribution in [2.45, 2.75) is 50.9 Å². The Morgan fingerprint density at radius 1 is 0.887 bits per heavy atom. The lowest BCUT2D eigenvalue weighted by Gasteiger charge is -2.43. The third-order valence-electron chi connectivity index (χ3n) is 11.1. The van der Waals surface area contributed by atoms with Crippen LogP contribution in [0, 0.1) is 0 Å². The lowest BCUT2D eigenvalue weighted by molar-refractivity contribution is -0.136. The lowest BCUT2D eigenvalue weighted by atomic mass is 10.0. The number of anilines is 1. The van der Waals surface area contributed by atoms with E-state index < -0.39 is 11.9 Å². The van der Waals surface area contributed by atoms with Crippen molar-refractivity contribution in [1.82, 2.24) is 30.0 Å². The van der Waals surface area contributed by atoms with Gasteiger partial charge in [0.25, 0.3) is 11.5 Å². The maximum absolute atomic E-state index is 13.3. The molecule has 3 amide bonds. The highest BCUT2D eigenvalue weighted by Crippen LogP contribution is 2.35. The van der Waals surface area contributed by atoms with Crippen molar-refractivity contribution in [3.8, 4) is 22.9 Å². The van der Waals surface area contributed by atoms with E-state index >= 15 is 0 Å². The standard InChI is InChI=1S/C39H42BrN7O6/c1-52-28-19-30-35(32(20-28)53-2)38(50)43-36(41-30)24-3-5-26(6-4-24)45-11-9-27(10-12-45)46-15-13-44(14-16-46)21-23-17-25-22-47(39(51)34(25)29(40)18-23)31-7-8-33(48)42-37(31)49/h3-6,17-20,27,31H,7-16,21-22H2,1-2H3,(H,41,43,50)(H,42,48,49). The minimum absolute atomic E-state index is 0.163. The third kappa shape index (κ3) is 6.91. The molecule has 2 N–H and O–H groups in total. The van der Waals surface area contributed by atoms with E-state index in [2.05, 4.69) is 59.1 Å². The highest BCUT2D eigenvalue weighted by atomic mass is 79.9. The van der Waals surface area contributed by atoms with Crippen molar-refractivity contribution in [3.63, 3.8) is 0 Å². The number of methoxy groups -OCH3 is 2. The number of piperazine rings is 1. The molecule has 14 heteroatoms. The number of amides is 3. The molecule has 0 aliphatic carbocycles. The van der Waals surface area contributed by atoms with Crippen molar-refractivity contribution in [3.05, 3.63) is 80.0 Å². The molecule has 3 aromatic carbocycles. The number of hydrogen-bond acceptors (Lipinski definition) is 10. The van der Waals surface area contributed by atoms with E-state index in [1.165, 1.54) is 7.11 Å². The van der Waals surface area contributed by atoms with Crippen molar-refractivity contribution in [2.75, 3.05) is 58.4 Å². The highest BCUT2D eigenvalue weighted by molar-refractivity contribution is 9.10. The number of nitrogens with one attached hydrogen (secondary N) is 2. The molecule has 53 heavy (non-hydrogen) atoms. The fraction of sp³-hybridized carbons (Fsp3) is 0.410. The van der Waals surface area contributed by atoms with Gasteiger partial charge < -0.3 is 24.3 Å². The Labute approximate surface area is 315 Å². The van der Waals surface area contributed by atoms with E-state index in [4.69, 9.17) is 14.5 Å². The minimum atomic E-state index is -0.619. The number of halogens is 1. The molecular weight excluding hydrogens is 742 g/mol. The molecular formula is C39H42BrN7O6. The first-order valence-corrected chi connectivity index (χ1v) is 18.9. The van der Waals surface area contributed by atoms with Gasteiger partial charge in [-0.2, -0.15) is 0 Å². The smallest absolute Gasteiger partial charge is 0.262 e. The summed E-state index contributed by atoms with van der Waals surface area (Å²) in [4.78, 5) is 67.2. The van der Waals surface area contributed by atoms with Gasteiger partial charge >= 0.3 is 0 Å². The predicted octanol–water partition coefficient (Wildman–Crippen LogP) is 3.92. The normalized spacial score (nSPS) is 20.2. The molecule has 276 valence electrons. The molecule has 0 bridgehead atoms. The Kier molecular flexibility index (Phi) is 9.68. The molecule has 1 atom stereocenters. The number of piperidine rings is 2. The number of aromatic amines is 1. The summed E-state index contributed by atoms with van der Waals surface area (Å²) in [5.74, 6) is 0.653. The van der Waals surface area contributed by atoms with Gasteiger partial charge in [0.2, 0.25) is 11.8 Å². The van der Waals surface area contributed by atoms with Crippen molar-refractivity contribution in [1.29, 1.82) is 0 Å². The number of aromatic nitrogens is 2. The van der Waals surface area contributed by atoms with Crippen molar-refractivity contribution >= 4 is 50.2 Å². The first kappa shape index (κ1) is 35.3. The Bertz CT molecular complexity index is 2140. The summed E-state index contributed by atoms with van der Waals surface area (Å²) in [5, 5.41) is 2.77. The lowest BCUT2D eigenvalue weighted by Crippen LogP contribution is -2.53. The molecule has 13 nitrogen and oxygen atoms in total. The van der Waals surface area contributed by atoms with Gasteiger partial charge in [-0.05, 0) is 76.7 Å². The van der Waals surface area contributed by atoms with Crippen LogP contribution >= 0.6 is 15.9 Å². The molecule has 0 spiro atoms. The summed E-state index contributed by atoms with van der Waals surface area (Å²) < 4.78 is 11.5. The van der Waals surface area contributed by atoms with Crippen LogP contribution in [0.25, 0.3) is 22.3 Å². The van der Waals surface area contributed by atoms with Crippen LogP contribution in [-0.2, 0) is 22.7 Å². The van der Waals surface area contributed by atoms with Gasteiger partial charge in [-0.3, -0.25) is 34.3 Å². The molecule has 4 aromatic rings. The third-order valence-corrected chi connectivity index (χ3v) is 11.8. The molecule has 0 saturated carbocycles. The fourth-order valence-corrected chi connectivity index (χ4v) is 9.02. The fourth-order valence-electron chi connectivity index (χ4n) is 8.30. The van der Waals surface area contributed by atoms with Crippen LogP contribution in [0.2, 0.25) is 0 Å². The number of rotatable bonds is 8. The number of imide groups is 1. The van der Waals surface area contributed by atoms with Crippen LogP contribution in [0.15, 0.2) is 57.8 Å². The van der Waals surface area contributed by atoms with Gasteiger partial charge in [0.1, 0.15) is 28.8 Å². The summed E-state index contributed by atoms with van der Waals surface area (Å²) in [7, 11) is 3.09. The minimum Gasteiger partial charge on any atom is -0.497 e. The van der Waals surface area contributed by atoms with Gasteiger partial charge in [-0.25, -0.2) is 4.98 Å². The predicted molar refractivity (Wildman–Crippen MR) is 203 cm³/mol. The Morgan fingerprint density at radius 3 is 2.34 bits per heavy atom. The second kappa shape index (κ2) is 14.6. The molecule has 4 aliphatic rings. The number of carbonyl (C=O) groups is 3. The van der Waals surface area contributed by atoms with Gasteiger partial charge in [0, 0.05) is 92.7 Å². The number of nitrogens with zero attached hydrogens (tertiary/aromatic N) is 5. The van der Waals surface area contributed by atoms with Crippen LogP contribution in [-0.4, -0.2) is 108 Å². The quantitative estimate of drug-likeness (QED) is 0.253. The number of H-pyrrole nitrogens is 1. The molecule has 1 aromatic heterocycles. The summed E-state index contributed by atoms with van der Waals surface area (Å²) in [6.07, 6.45) is 2.79. The number of benzene rings is 3. The highest BCUT2D eigenvalue weighted by Gasteiger charge is 2.40. The summed E-state index contributed by atoms with van der Waals surface area (Å²) in [5.41, 5.74) is 4.93. The first-order valence-electron chi connectivity index (χ1n) is 18.1. The topological polar surface area (TPSA) is 140 Å². The average Bonchev–Trinajstić information content (AvgIpc) is 3.50. The summed E-state index contributed by atoms with van der Waals surface area (Å²) in [6.45, 7) is 7.11.